The van der Waals surface area contributed by atoms with Crippen LogP contribution in [0.25, 0.3) is 0 Å². The van der Waals surface area contributed by atoms with Crippen LogP contribution in [-0.2, 0) is 16.6 Å². The SMILES string of the molecule is NC(=S)c1cccc(CNS(=O)(=O)c2cccc(Br)c2)c1. The smallest absolute Gasteiger partial charge is 0.240 e. The van der Waals surface area contributed by atoms with E-state index in [1.165, 1.54) is 0 Å². The van der Waals surface area contributed by atoms with Crippen LogP contribution < -0.4 is 10.5 Å². The van der Waals surface area contributed by atoms with Crippen molar-refractivity contribution >= 4 is 43.2 Å². The standard InChI is InChI=1S/C14H13BrN2O2S2/c15-12-5-2-6-13(8-12)21(18,19)17-9-10-3-1-4-11(7-10)14(16)20/h1-8,17H,9H2,(H2,16,20). The lowest BCUT2D eigenvalue weighted by Gasteiger charge is -2.08. The van der Waals surface area contributed by atoms with E-state index in [0.717, 1.165) is 5.56 Å². The third kappa shape index (κ3) is 4.34. The Bertz CT molecular complexity index is 776. The van der Waals surface area contributed by atoms with E-state index in [1.54, 1.807) is 42.5 Å². The molecule has 0 unspecified atom stereocenters. The van der Waals surface area contributed by atoms with Crippen LogP contribution in [0.3, 0.4) is 0 Å². The van der Waals surface area contributed by atoms with E-state index in [9.17, 15) is 8.42 Å². The van der Waals surface area contributed by atoms with Crippen molar-refractivity contribution < 1.29 is 8.42 Å². The minimum Gasteiger partial charge on any atom is -0.389 e. The van der Waals surface area contributed by atoms with Crippen molar-refractivity contribution in [1.82, 2.24) is 4.72 Å². The topological polar surface area (TPSA) is 72.2 Å². The van der Waals surface area contributed by atoms with Gasteiger partial charge in [-0.1, -0.05) is 52.4 Å². The molecule has 0 saturated carbocycles. The van der Waals surface area contributed by atoms with Gasteiger partial charge in [0.25, 0.3) is 0 Å². The Labute approximate surface area is 137 Å². The van der Waals surface area contributed by atoms with Gasteiger partial charge in [0.05, 0.1) is 4.90 Å². The first-order valence-electron chi connectivity index (χ1n) is 6.02. The Balaban J connectivity index is 2.15. The van der Waals surface area contributed by atoms with Crippen LogP contribution in [0, 0.1) is 0 Å². The van der Waals surface area contributed by atoms with E-state index in [-0.39, 0.29) is 16.4 Å². The van der Waals surface area contributed by atoms with Crippen molar-refractivity contribution in [3.63, 3.8) is 0 Å². The molecule has 0 aliphatic carbocycles. The van der Waals surface area contributed by atoms with E-state index in [4.69, 9.17) is 18.0 Å². The molecule has 4 nitrogen and oxygen atoms in total. The van der Waals surface area contributed by atoms with E-state index in [1.807, 2.05) is 6.07 Å². The number of sulfonamides is 1. The van der Waals surface area contributed by atoms with Crippen molar-refractivity contribution in [3.05, 3.63) is 64.1 Å². The van der Waals surface area contributed by atoms with Crippen LogP contribution in [-0.4, -0.2) is 13.4 Å². The van der Waals surface area contributed by atoms with Gasteiger partial charge in [-0.05, 0) is 29.8 Å². The molecular formula is C14H13BrN2O2S2. The number of nitrogens with one attached hydrogen (secondary N) is 1. The zero-order chi connectivity index (χ0) is 15.5. The Kier molecular flexibility index (Phi) is 5.10. The van der Waals surface area contributed by atoms with Crippen molar-refractivity contribution in [2.75, 3.05) is 0 Å². The zero-order valence-corrected chi connectivity index (χ0v) is 14.1. The average molecular weight is 385 g/mol. The summed E-state index contributed by atoms with van der Waals surface area (Å²) in [5, 5.41) is 0. The summed E-state index contributed by atoms with van der Waals surface area (Å²) in [5.41, 5.74) is 7.06. The molecule has 0 aliphatic heterocycles. The normalized spacial score (nSPS) is 11.3. The highest BCUT2D eigenvalue weighted by Crippen LogP contribution is 2.16. The molecule has 3 N–H and O–H groups in total. The van der Waals surface area contributed by atoms with Gasteiger partial charge < -0.3 is 5.73 Å². The number of nitrogens with two attached hydrogens (primary N) is 1. The van der Waals surface area contributed by atoms with Gasteiger partial charge in [0.2, 0.25) is 10.0 Å². The van der Waals surface area contributed by atoms with Gasteiger partial charge in [-0.3, -0.25) is 0 Å². The summed E-state index contributed by atoms with van der Waals surface area (Å²) in [6, 6.07) is 13.7. The lowest BCUT2D eigenvalue weighted by atomic mass is 10.1. The van der Waals surface area contributed by atoms with Gasteiger partial charge in [0, 0.05) is 16.6 Å². The fraction of sp³-hybridized carbons (Fsp3) is 0.0714. The molecular weight excluding hydrogens is 372 g/mol. The maximum absolute atomic E-state index is 12.2. The molecule has 2 aromatic rings. The second-order valence-electron chi connectivity index (χ2n) is 4.35. The van der Waals surface area contributed by atoms with Crippen molar-refractivity contribution in [3.8, 4) is 0 Å². The Morgan fingerprint density at radius 2 is 1.90 bits per heavy atom. The summed E-state index contributed by atoms with van der Waals surface area (Å²) in [6.45, 7) is 0.172. The minimum atomic E-state index is -3.56. The predicted octanol–water partition coefficient (Wildman–Crippen LogP) is 2.56. The number of halogens is 1. The molecule has 0 aromatic heterocycles. The number of rotatable bonds is 5. The number of thiocarbonyl (C=S) groups is 1. The molecule has 0 amide bonds. The third-order valence-corrected chi connectivity index (χ3v) is 4.91. The van der Waals surface area contributed by atoms with Crippen LogP contribution in [0.1, 0.15) is 11.1 Å². The van der Waals surface area contributed by atoms with Gasteiger partial charge in [0.15, 0.2) is 0 Å². The molecule has 2 rings (SSSR count). The van der Waals surface area contributed by atoms with Crippen LogP contribution >= 0.6 is 28.1 Å². The summed E-state index contributed by atoms with van der Waals surface area (Å²) < 4.78 is 27.6. The Hall–Kier alpha value is -1.28. The average Bonchev–Trinajstić information content (AvgIpc) is 2.45. The van der Waals surface area contributed by atoms with Crippen LogP contribution in [0.15, 0.2) is 57.9 Å². The van der Waals surface area contributed by atoms with Crippen LogP contribution in [0.5, 0.6) is 0 Å². The second-order valence-corrected chi connectivity index (χ2v) is 7.47. The highest BCUT2D eigenvalue weighted by atomic mass is 79.9. The van der Waals surface area contributed by atoms with E-state index >= 15 is 0 Å². The van der Waals surface area contributed by atoms with Crippen molar-refractivity contribution in [1.29, 1.82) is 0 Å². The van der Waals surface area contributed by atoms with E-state index in [0.29, 0.717) is 10.0 Å². The summed E-state index contributed by atoms with van der Waals surface area (Å²) in [6.07, 6.45) is 0. The minimum absolute atomic E-state index is 0.172. The van der Waals surface area contributed by atoms with Crippen LogP contribution in [0.2, 0.25) is 0 Å². The lowest BCUT2D eigenvalue weighted by molar-refractivity contribution is 0.581. The number of hydrogen-bond donors (Lipinski definition) is 2. The fourth-order valence-electron chi connectivity index (χ4n) is 1.73. The fourth-order valence-corrected chi connectivity index (χ4v) is 3.47. The summed E-state index contributed by atoms with van der Waals surface area (Å²) >= 11 is 8.16. The largest absolute Gasteiger partial charge is 0.389 e. The molecule has 0 aliphatic rings. The molecule has 0 atom stereocenters. The van der Waals surface area contributed by atoms with Crippen LogP contribution in [0.4, 0.5) is 0 Å². The Morgan fingerprint density at radius 3 is 2.57 bits per heavy atom. The van der Waals surface area contributed by atoms with E-state index < -0.39 is 10.0 Å². The first kappa shape index (κ1) is 16.1. The molecule has 7 heteroatoms. The van der Waals surface area contributed by atoms with Crippen molar-refractivity contribution in [2.24, 2.45) is 5.73 Å². The number of benzene rings is 2. The molecule has 110 valence electrons. The predicted molar refractivity (Wildman–Crippen MR) is 90.5 cm³/mol. The van der Waals surface area contributed by atoms with Gasteiger partial charge in [-0.2, -0.15) is 0 Å². The van der Waals surface area contributed by atoms with Gasteiger partial charge >= 0.3 is 0 Å². The first-order chi connectivity index (χ1) is 9.88. The molecule has 21 heavy (non-hydrogen) atoms. The quantitative estimate of drug-likeness (QED) is 0.776. The third-order valence-electron chi connectivity index (χ3n) is 2.78. The summed E-state index contributed by atoms with van der Waals surface area (Å²) in [7, 11) is -3.56. The molecule has 0 bridgehead atoms. The number of hydrogen-bond acceptors (Lipinski definition) is 3. The van der Waals surface area contributed by atoms with E-state index in [2.05, 4.69) is 20.7 Å². The maximum atomic E-state index is 12.2. The maximum Gasteiger partial charge on any atom is 0.240 e. The lowest BCUT2D eigenvalue weighted by Crippen LogP contribution is -2.23. The molecule has 0 heterocycles. The summed E-state index contributed by atoms with van der Waals surface area (Å²) in [4.78, 5) is 0.495. The first-order valence-corrected chi connectivity index (χ1v) is 8.71. The Morgan fingerprint density at radius 1 is 1.19 bits per heavy atom. The van der Waals surface area contributed by atoms with Gasteiger partial charge in [-0.15, -0.1) is 0 Å². The molecule has 0 radical (unpaired) electrons. The molecule has 0 spiro atoms. The second kappa shape index (κ2) is 6.65. The zero-order valence-electron chi connectivity index (χ0n) is 10.9. The van der Waals surface area contributed by atoms with Gasteiger partial charge in [0.1, 0.15) is 4.99 Å². The highest BCUT2D eigenvalue weighted by Gasteiger charge is 2.13. The van der Waals surface area contributed by atoms with Gasteiger partial charge in [-0.25, -0.2) is 13.1 Å². The highest BCUT2D eigenvalue weighted by molar-refractivity contribution is 9.10. The molecule has 2 aromatic carbocycles. The monoisotopic (exact) mass is 384 g/mol. The summed E-state index contributed by atoms with van der Waals surface area (Å²) in [5.74, 6) is 0. The molecule has 0 fully saturated rings. The molecule has 0 saturated heterocycles. The van der Waals surface area contributed by atoms with Crippen molar-refractivity contribution in [2.45, 2.75) is 11.4 Å².